The maximum atomic E-state index is 13.0. The molecule has 2 aromatic rings. The molecule has 2 fully saturated rings. The van der Waals surface area contributed by atoms with Gasteiger partial charge in [0.1, 0.15) is 17.7 Å². The number of fused-ring (bicyclic) bond motifs is 1. The van der Waals surface area contributed by atoms with Crippen molar-refractivity contribution in [2.45, 2.75) is 25.0 Å². The minimum atomic E-state index is -0.518. The second-order valence-corrected chi connectivity index (χ2v) is 7.48. The predicted octanol–water partition coefficient (Wildman–Crippen LogP) is 1.91. The summed E-state index contributed by atoms with van der Waals surface area (Å²) >= 11 is 1.39. The number of halogens is 1. The molecule has 1 aliphatic heterocycles. The molecule has 4 atom stereocenters. The number of nitrogens with zero attached hydrogens (tertiary/aromatic N) is 3. The van der Waals surface area contributed by atoms with Gasteiger partial charge in [0, 0.05) is 13.1 Å². The Kier molecular flexibility index (Phi) is 4.01. The molecule has 3 N–H and O–H groups in total. The zero-order valence-electron chi connectivity index (χ0n) is 13.0. The molecule has 8 heteroatoms. The Morgan fingerprint density at radius 1 is 1.17 bits per heavy atom. The van der Waals surface area contributed by atoms with Crippen molar-refractivity contribution in [1.29, 1.82) is 0 Å². The number of benzene rings is 1. The molecule has 128 valence electrons. The second kappa shape index (κ2) is 6.18. The van der Waals surface area contributed by atoms with Crippen LogP contribution in [0.15, 0.2) is 24.3 Å². The van der Waals surface area contributed by atoms with Gasteiger partial charge in [-0.15, -0.1) is 10.2 Å². The quantitative estimate of drug-likeness (QED) is 0.880. The number of anilines is 2. The number of nitrogens with two attached hydrogens (primary N) is 1. The lowest BCUT2D eigenvalue weighted by Gasteiger charge is -2.35. The molecule has 1 aromatic heterocycles. The largest absolute Gasteiger partial charge is 0.488 e. The van der Waals surface area contributed by atoms with Gasteiger partial charge in [0.2, 0.25) is 10.3 Å². The van der Waals surface area contributed by atoms with Gasteiger partial charge in [-0.25, -0.2) is 4.39 Å². The summed E-state index contributed by atoms with van der Waals surface area (Å²) in [4.78, 5) is 2.19. The molecule has 1 aliphatic carbocycles. The van der Waals surface area contributed by atoms with Gasteiger partial charge < -0.3 is 20.5 Å². The molecular formula is C16H19FN4O2S. The monoisotopic (exact) mass is 350 g/mol. The first-order chi connectivity index (χ1) is 11.6. The molecule has 0 bridgehead atoms. The molecule has 6 nitrogen and oxygen atoms in total. The number of aromatic nitrogens is 2. The maximum absolute atomic E-state index is 13.0. The number of aliphatic hydroxyl groups is 1. The van der Waals surface area contributed by atoms with Gasteiger partial charge in [-0.3, -0.25) is 0 Å². The summed E-state index contributed by atoms with van der Waals surface area (Å²) in [5.74, 6) is 1.14. The van der Waals surface area contributed by atoms with E-state index in [0.717, 1.165) is 24.6 Å². The van der Waals surface area contributed by atoms with Gasteiger partial charge in [0.25, 0.3) is 0 Å². The molecule has 2 heterocycles. The number of aliphatic hydroxyl groups excluding tert-OH is 1. The minimum Gasteiger partial charge on any atom is -0.488 e. The molecule has 0 spiro atoms. The van der Waals surface area contributed by atoms with Crippen LogP contribution in [0.25, 0.3) is 0 Å². The topological polar surface area (TPSA) is 84.5 Å². The fourth-order valence-corrected chi connectivity index (χ4v) is 4.34. The Hall–Kier alpha value is -1.93. The normalized spacial score (nSPS) is 29.5. The predicted molar refractivity (Wildman–Crippen MR) is 89.6 cm³/mol. The highest BCUT2D eigenvalue weighted by molar-refractivity contribution is 7.18. The van der Waals surface area contributed by atoms with E-state index in [9.17, 15) is 9.50 Å². The lowest BCUT2D eigenvalue weighted by Crippen LogP contribution is -2.42. The second-order valence-electron chi connectivity index (χ2n) is 6.50. The molecule has 0 radical (unpaired) electrons. The lowest BCUT2D eigenvalue weighted by atomic mass is 9.78. The van der Waals surface area contributed by atoms with Gasteiger partial charge >= 0.3 is 0 Å². The van der Waals surface area contributed by atoms with E-state index in [1.54, 1.807) is 12.1 Å². The summed E-state index contributed by atoms with van der Waals surface area (Å²) in [6.07, 6.45) is 0.682. The van der Waals surface area contributed by atoms with Crippen LogP contribution >= 0.6 is 11.3 Å². The van der Waals surface area contributed by atoms with E-state index < -0.39 is 6.10 Å². The third-order valence-electron chi connectivity index (χ3n) is 4.89. The van der Waals surface area contributed by atoms with Crippen LogP contribution in [-0.2, 0) is 0 Å². The fourth-order valence-electron chi connectivity index (χ4n) is 3.72. The van der Waals surface area contributed by atoms with E-state index in [-0.39, 0.29) is 11.9 Å². The number of nitrogen functional groups attached to an aromatic ring is 1. The van der Waals surface area contributed by atoms with E-state index >= 15 is 0 Å². The third kappa shape index (κ3) is 3.03. The van der Waals surface area contributed by atoms with Crippen LogP contribution in [0.3, 0.4) is 0 Å². The van der Waals surface area contributed by atoms with Crippen LogP contribution in [0.2, 0.25) is 0 Å². The van der Waals surface area contributed by atoms with Crippen LogP contribution in [0.4, 0.5) is 14.7 Å². The highest BCUT2D eigenvalue weighted by Crippen LogP contribution is 2.40. The Morgan fingerprint density at radius 3 is 2.54 bits per heavy atom. The smallest absolute Gasteiger partial charge is 0.210 e. The molecule has 0 amide bonds. The summed E-state index contributed by atoms with van der Waals surface area (Å²) in [7, 11) is 0. The first kappa shape index (κ1) is 15.6. The molecular weight excluding hydrogens is 331 g/mol. The van der Waals surface area contributed by atoms with Crippen LogP contribution in [0, 0.1) is 17.7 Å². The highest BCUT2D eigenvalue weighted by Gasteiger charge is 2.43. The number of hydrogen-bond donors (Lipinski definition) is 2. The van der Waals surface area contributed by atoms with Crippen LogP contribution in [0.1, 0.15) is 12.8 Å². The zero-order chi connectivity index (χ0) is 16.7. The number of hydrogen-bond acceptors (Lipinski definition) is 7. The minimum absolute atomic E-state index is 0.267. The van der Waals surface area contributed by atoms with E-state index in [0.29, 0.717) is 29.1 Å². The Labute approximate surface area is 143 Å². The lowest BCUT2D eigenvalue weighted by molar-refractivity contribution is -0.0231. The highest BCUT2D eigenvalue weighted by atomic mass is 32.1. The van der Waals surface area contributed by atoms with Gasteiger partial charge in [0.15, 0.2) is 0 Å². The van der Waals surface area contributed by atoms with Crippen molar-refractivity contribution in [3.8, 4) is 5.75 Å². The van der Waals surface area contributed by atoms with Gasteiger partial charge in [-0.2, -0.15) is 0 Å². The van der Waals surface area contributed by atoms with E-state index in [4.69, 9.17) is 10.5 Å². The average molecular weight is 350 g/mol. The van der Waals surface area contributed by atoms with Crippen molar-refractivity contribution in [1.82, 2.24) is 10.2 Å². The molecule has 24 heavy (non-hydrogen) atoms. The van der Waals surface area contributed by atoms with Crippen molar-refractivity contribution >= 4 is 21.6 Å². The van der Waals surface area contributed by atoms with Crippen molar-refractivity contribution in [2.75, 3.05) is 23.7 Å². The maximum Gasteiger partial charge on any atom is 0.210 e. The molecule has 1 saturated heterocycles. The number of ether oxygens (including phenoxy) is 1. The van der Waals surface area contributed by atoms with Crippen molar-refractivity contribution in [3.63, 3.8) is 0 Å². The van der Waals surface area contributed by atoms with E-state index in [1.165, 1.54) is 23.5 Å². The van der Waals surface area contributed by atoms with E-state index in [2.05, 4.69) is 15.1 Å². The summed E-state index contributed by atoms with van der Waals surface area (Å²) in [5, 5.41) is 19.7. The van der Waals surface area contributed by atoms with Gasteiger partial charge in [-0.1, -0.05) is 11.3 Å². The molecule has 0 unspecified atom stereocenters. The molecule has 4 rings (SSSR count). The zero-order valence-corrected chi connectivity index (χ0v) is 13.8. The molecule has 2 aliphatic rings. The van der Waals surface area contributed by atoms with Crippen LogP contribution < -0.4 is 15.4 Å². The molecule has 1 saturated carbocycles. The Balaban J connectivity index is 1.43. The van der Waals surface area contributed by atoms with Gasteiger partial charge in [0.05, 0.1) is 6.10 Å². The first-order valence-corrected chi connectivity index (χ1v) is 8.84. The summed E-state index contributed by atoms with van der Waals surface area (Å²) < 4.78 is 18.9. The molecule has 1 aromatic carbocycles. The third-order valence-corrected chi connectivity index (χ3v) is 5.70. The summed E-state index contributed by atoms with van der Waals surface area (Å²) in [5.41, 5.74) is 5.67. The van der Waals surface area contributed by atoms with Gasteiger partial charge in [-0.05, 0) is 48.9 Å². The Bertz CT molecular complexity index is 710. The van der Waals surface area contributed by atoms with Crippen LogP contribution in [0.5, 0.6) is 5.75 Å². The van der Waals surface area contributed by atoms with Crippen LogP contribution in [-0.4, -0.2) is 40.6 Å². The fraction of sp³-hybridized carbons (Fsp3) is 0.500. The first-order valence-electron chi connectivity index (χ1n) is 8.02. The summed E-state index contributed by atoms with van der Waals surface area (Å²) in [6, 6.07) is 5.92. The average Bonchev–Trinajstić information content (AvgIpc) is 3.16. The summed E-state index contributed by atoms with van der Waals surface area (Å²) in [6.45, 7) is 1.73. The van der Waals surface area contributed by atoms with Crippen molar-refractivity contribution in [2.24, 2.45) is 11.8 Å². The number of rotatable bonds is 3. The van der Waals surface area contributed by atoms with Crippen molar-refractivity contribution < 1.29 is 14.2 Å². The van der Waals surface area contributed by atoms with Crippen molar-refractivity contribution in [3.05, 3.63) is 30.1 Å². The standard InChI is InChI=1S/C16H19FN4O2S/c17-11-1-3-12(4-2-11)23-14-6-10-8-21(7-9(10)5-13(14)22)16-20-19-15(18)24-16/h1-4,9-10,13-14,22H,5-8H2,(H2,18,19)/t9-,10+,13+,14+/m0/s1. The Morgan fingerprint density at radius 2 is 1.88 bits per heavy atom. The van der Waals surface area contributed by atoms with E-state index in [1.807, 2.05) is 0 Å². The SMILES string of the molecule is Nc1nnc(N2C[C@H]3C[C@@H](Oc4ccc(F)cc4)[C@H](O)C[C@H]3C2)s1.